The van der Waals surface area contributed by atoms with Crippen LogP contribution in [0, 0.1) is 13.8 Å². The lowest BCUT2D eigenvalue weighted by atomic mass is 10.0. The number of nitrogens with one attached hydrogen (secondary N) is 2. The van der Waals surface area contributed by atoms with Crippen LogP contribution in [0.15, 0.2) is 30.3 Å². The Balaban J connectivity index is 2.03. The molecule has 0 radical (unpaired) electrons. The minimum Gasteiger partial charge on any atom is -0.466 e. The van der Waals surface area contributed by atoms with Crippen LogP contribution in [-0.4, -0.2) is 28.4 Å². The molecule has 0 aliphatic heterocycles. The molecule has 0 bridgehead atoms. The lowest BCUT2D eigenvalue weighted by molar-refractivity contribution is -0.143. The Labute approximate surface area is 160 Å². The van der Waals surface area contributed by atoms with E-state index in [1.54, 1.807) is 6.92 Å². The molecule has 0 saturated carbocycles. The third-order valence-electron chi connectivity index (χ3n) is 4.44. The monoisotopic (exact) mass is 372 g/mol. The van der Waals surface area contributed by atoms with Gasteiger partial charge >= 0.3 is 12.0 Å². The molecule has 0 aliphatic rings. The summed E-state index contributed by atoms with van der Waals surface area (Å²) < 4.78 is 6.94. The van der Waals surface area contributed by atoms with Crippen molar-refractivity contribution >= 4 is 12.0 Å². The normalized spacial score (nSPS) is 11.7. The molecule has 27 heavy (non-hydrogen) atoms. The summed E-state index contributed by atoms with van der Waals surface area (Å²) in [5, 5.41) is 10.2. The van der Waals surface area contributed by atoms with Gasteiger partial charge in [0.15, 0.2) is 0 Å². The van der Waals surface area contributed by atoms with Gasteiger partial charge in [-0.2, -0.15) is 5.10 Å². The van der Waals surface area contributed by atoms with Crippen molar-refractivity contribution in [2.45, 2.75) is 53.2 Å². The topological polar surface area (TPSA) is 85.2 Å². The third-order valence-corrected chi connectivity index (χ3v) is 4.44. The van der Waals surface area contributed by atoms with Gasteiger partial charge in [-0.25, -0.2) is 4.79 Å². The minimum atomic E-state index is -0.453. The fourth-order valence-corrected chi connectivity index (χ4v) is 3.00. The maximum absolute atomic E-state index is 12.4. The van der Waals surface area contributed by atoms with Crippen LogP contribution in [-0.2, 0) is 22.6 Å². The zero-order chi connectivity index (χ0) is 19.8. The molecule has 7 heteroatoms. The molecule has 0 saturated heterocycles. The van der Waals surface area contributed by atoms with E-state index in [0.29, 0.717) is 13.2 Å². The average molecular weight is 372 g/mol. The zero-order valence-corrected chi connectivity index (χ0v) is 16.4. The number of carbonyl (C=O) groups excluding carboxylic acids is 2. The van der Waals surface area contributed by atoms with Crippen LogP contribution >= 0.6 is 0 Å². The summed E-state index contributed by atoms with van der Waals surface area (Å²) in [5.74, 6) is -0.345. The van der Waals surface area contributed by atoms with Gasteiger partial charge in [0.05, 0.1) is 24.8 Å². The molecule has 1 atom stereocenters. The highest BCUT2D eigenvalue weighted by Gasteiger charge is 2.19. The van der Waals surface area contributed by atoms with Crippen LogP contribution in [0.5, 0.6) is 0 Å². The van der Waals surface area contributed by atoms with Gasteiger partial charge in [0, 0.05) is 24.3 Å². The largest absolute Gasteiger partial charge is 0.466 e. The smallest absolute Gasteiger partial charge is 0.315 e. The lowest BCUT2D eigenvalue weighted by Gasteiger charge is -2.19. The molecule has 1 aromatic carbocycles. The van der Waals surface area contributed by atoms with Crippen molar-refractivity contribution in [1.82, 2.24) is 20.4 Å². The van der Waals surface area contributed by atoms with E-state index in [4.69, 9.17) is 4.74 Å². The molecule has 0 fully saturated rings. The molecule has 2 N–H and O–H groups in total. The highest BCUT2D eigenvalue weighted by Crippen LogP contribution is 2.17. The number of hydrogen-bond donors (Lipinski definition) is 2. The maximum atomic E-state index is 12.4. The Morgan fingerprint density at radius 1 is 1.19 bits per heavy atom. The first-order chi connectivity index (χ1) is 13.0. The Kier molecular flexibility index (Phi) is 7.40. The standard InChI is InChI=1S/C20H28N4O3/c1-5-24-15(4)17(14(3)23-24)13-21-20(26)22-18(12-19(25)27-6-2)16-10-8-7-9-11-16/h7-11,18H,5-6,12-13H2,1-4H3,(H2,21,22,26)/t18-/m0/s1. The van der Waals surface area contributed by atoms with Crippen LogP contribution in [0.1, 0.15) is 48.8 Å². The number of aromatic nitrogens is 2. The van der Waals surface area contributed by atoms with Crippen molar-refractivity contribution in [2.75, 3.05) is 6.61 Å². The molecule has 0 aliphatic carbocycles. The van der Waals surface area contributed by atoms with Gasteiger partial charge in [-0.1, -0.05) is 30.3 Å². The number of carbonyl (C=O) groups is 2. The van der Waals surface area contributed by atoms with E-state index in [1.807, 2.05) is 55.8 Å². The third kappa shape index (κ3) is 5.57. The highest BCUT2D eigenvalue weighted by atomic mass is 16.5. The number of aryl methyl sites for hydroxylation is 2. The van der Waals surface area contributed by atoms with E-state index >= 15 is 0 Å². The van der Waals surface area contributed by atoms with Gasteiger partial charge in [-0.15, -0.1) is 0 Å². The van der Waals surface area contributed by atoms with Crippen molar-refractivity contribution in [3.63, 3.8) is 0 Å². The second kappa shape index (κ2) is 9.75. The molecule has 146 valence electrons. The van der Waals surface area contributed by atoms with E-state index in [9.17, 15) is 9.59 Å². The Morgan fingerprint density at radius 2 is 1.89 bits per heavy atom. The molecule has 1 aromatic heterocycles. The predicted octanol–water partition coefficient (Wildman–Crippen LogP) is 3.01. The number of esters is 1. The summed E-state index contributed by atoms with van der Waals surface area (Å²) >= 11 is 0. The van der Waals surface area contributed by atoms with Crippen LogP contribution in [0.2, 0.25) is 0 Å². The lowest BCUT2D eigenvalue weighted by Crippen LogP contribution is -2.38. The number of ether oxygens (including phenoxy) is 1. The van der Waals surface area contributed by atoms with Crippen LogP contribution in [0.4, 0.5) is 4.79 Å². The molecule has 2 rings (SSSR count). The number of amides is 2. The Morgan fingerprint density at radius 3 is 2.48 bits per heavy atom. The van der Waals surface area contributed by atoms with Crippen molar-refractivity contribution in [3.8, 4) is 0 Å². The molecule has 0 unspecified atom stereocenters. The van der Waals surface area contributed by atoms with Gasteiger partial charge in [-0.05, 0) is 33.3 Å². The first-order valence-electron chi connectivity index (χ1n) is 9.24. The number of urea groups is 1. The van der Waals surface area contributed by atoms with Gasteiger partial charge < -0.3 is 15.4 Å². The molecule has 7 nitrogen and oxygen atoms in total. The van der Waals surface area contributed by atoms with Crippen LogP contribution in [0.3, 0.4) is 0 Å². The summed E-state index contributed by atoms with van der Waals surface area (Å²) in [6.07, 6.45) is 0.0805. The zero-order valence-electron chi connectivity index (χ0n) is 16.4. The van der Waals surface area contributed by atoms with Crippen LogP contribution in [0.25, 0.3) is 0 Å². The van der Waals surface area contributed by atoms with E-state index in [1.165, 1.54) is 0 Å². The van der Waals surface area contributed by atoms with E-state index in [2.05, 4.69) is 15.7 Å². The molecule has 2 amide bonds. The van der Waals surface area contributed by atoms with Gasteiger partial charge in [-0.3, -0.25) is 9.48 Å². The van der Waals surface area contributed by atoms with Crippen LogP contribution < -0.4 is 10.6 Å². The van der Waals surface area contributed by atoms with E-state index in [0.717, 1.165) is 29.1 Å². The molecule has 1 heterocycles. The molecular weight excluding hydrogens is 344 g/mol. The molecule has 2 aromatic rings. The quantitative estimate of drug-likeness (QED) is 0.698. The van der Waals surface area contributed by atoms with Gasteiger partial charge in [0.25, 0.3) is 0 Å². The van der Waals surface area contributed by atoms with Crippen molar-refractivity contribution < 1.29 is 14.3 Å². The summed E-state index contributed by atoms with van der Waals surface area (Å²) in [5.41, 5.74) is 3.81. The fraction of sp³-hybridized carbons (Fsp3) is 0.450. The van der Waals surface area contributed by atoms with E-state index in [-0.39, 0.29) is 18.4 Å². The molecule has 0 spiro atoms. The van der Waals surface area contributed by atoms with Crippen molar-refractivity contribution in [2.24, 2.45) is 0 Å². The maximum Gasteiger partial charge on any atom is 0.315 e. The Hall–Kier alpha value is -2.83. The summed E-state index contributed by atoms with van der Waals surface area (Å²) in [4.78, 5) is 24.3. The van der Waals surface area contributed by atoms with Crippen molar-refractivity contribution in [3.05, 3.63) is 52.8 Å². The second-order valence-electron chi connectivity index (χ2n) is 6.26. The number of nitrogens with zero attached hydrogens (tertiary/aromatic N) is 2. The SMILES string of the molecule is CCOC(=O)C[C@H](NC(=O)NCc1c(C)nn(CC)c1C)c1ccccc1. The summed E-state index contributed by atoms with van der Waals surface area (Å²) in [6, 6.07) is 8.61. The fourth-order valence-electron chi connectivity index (χ4n) is 3.00. The predicted molar refractivity (Wildman–Crippen MR) is 103 cm³/mol. The second-order valence-corrected chi connectivity index (χ2v) is 6.26. The molecular formula is C20H28N4O3. The van der Waals surface area contributed by atoms with Gasteiger partial charge in [0.2, 0.25) is 0 Å². The summed E-state index contributed by atoms with van der Waals surface area (Å²) in [7, 11) is 0. The summed E-state index contributed by atoms with van der Waals surface area (Å²) in [6.45, 7) is 9.19. The van der Waals surface area contributed by atoms with Crippen molar-refractivity contribution in [1.29, 1.82) is 0 Å². The number of rotatable bonds is 8. The Bertz CT molecular complexity index is 771. The number of benzene rings is 1. The minimum absolute atomic E-state index is 0.0805. The number of hydrogen-bond acceptors (Lipinski definition) is 4. The van der Waals surface area contributed by atoms with E-state index < -0.39 is 6.04 Å². The first kappa shape index (κ1) is 20.5. The highest BCUT2D eigenvalue weighted by molar-refractivity contribution is 5.76. The first-order valence-corrected chi connectivity index (χ1v) is 9.24. The average Bonchev–Trinajstić information content (AvgIpc) is 2.93. The van der Waals surface area contributed by atoms with Gasteiger partial charge in [0.1, 0.15) is 0 Å².